The normalized spacial score (nSPS) is 25.8. The second kappa shape index (κ2) is 7.67. The first-order chi connectivity index (χ1) is 7.79. The molecule has 0 aromatic heterocycles. The summed E-state index contributed by atoms with van der Waals surface area (Å²) < 4.78 is 0. The van der Waals surface area contributed by atoms with Gasteiger partial charge in [-0.3, -0.25) is 0 Å². The first-order valence-electron chi connectivity index (χ1n) is 6.85. The van der Waals surface area contributed by atoms with Gasteiger partial charge in [-0.1, -0.05) is 45.3 Å². The van der Waals surface area contributed by atoms with E-state index in [-0.39, 0.29) is 6.10 Å². The van der Waals surface area contributed by atoms with Gasteiger partial charge < -0.3 is 5.11 Å². The summed E-state index contributed by atoms with van der Waals surface area (Å²) >= 11 is 0. The molecule has 0 bridgehead atoms. The lowest BCUT2D eigenvalue weighted by Crippen LogP contribution is -2.05. The summed E-state index contributed by atoms with van der Waals surface area (Å²) in [6, 6.07) is 0. The highest BCUT2D eigenvalue weighted by atomic mass is 16.3. The van der Waals surface area contributed by atoms with Crippen LogP contribution >= 0.6 is 0 Å². The molecule has 1 aliphatic carbocycles. The fourth-order valence-electron chi connectivity index (χ4n) is 2.24. The number of aliphatic hydroxyl groups excluding tert-OH is 1. The van der Waals surface area contributed by atoms with Crippen LogP contribution in [0.5, 0.6) is 0 Å². The van der Waals surface area contributed by atoms with Gasteiger partial charge in [-0.2, -0.15) is 0 Å². The maximum Gasteiger partial charge on any atom is 0.0961 e. The smallest absolute Gasteiger partial charge is 0.0961 e. The highest BCUT2D eigenvalue weighted by molar-refractivity contribution is 5.30. The maximum absolute atomic E-state index is 10.1. The van der Waals surface area contributed by atoms with Crippen LogP contribution in [0.1, 0.15) is 65.2 Å². The van der Waals surface area contributed by atoms with Gasteiger partial charge in [-0.25, -0.2) is 0 Å². The van der Waals surface area contributed by atoms with Crippen LogP contribution in [0.2, 0.25) is 0 Å². The Morgan fingerprint density at radius 1 is 1.00 bits per heavy atom. The molecule has 1 atom stereocenters. The Labute approximate surface area is 100 Å². The molecule has 0 aromatic carbocycles. The molecule has 1 nitrogen and oxygen atoms in total. The van der Waals surface area contributed by atoms with Gasteiger partial charge in [0.2, 0.25) is 0 Å². The van der Waals surface area contributed by atoms with E-state index in [1.165, 1.54) is 36.8 Å². The van der Waals surface area contributed by atoms with E-state index in [0.717, 1.165) is 25.7 Å². The van der Waals surface area contributed by atoms with E-state index in [0.29, 0.717) is 0 Å². The minimum Gasteiger partial charge on any atom is -0.384 e. The average molecular weight is 222 g/mol. The fraction of sp³-hybridized carbons (Fsp3) is 0.733. The molecule has 1 rings (SSSR count). The zero-order chi connectivity index (χ0) is 11.8. The van der Waals surface area contributed by atoms with Gasteiger partial charge >= 0.3 is 0 Å². The summed E-state index contributed by atoms with van der Waals surface area (Å²) in [5, 5.41) is 10.1. The van der Waals surface area contributed by atoms with E-state index in [2.05, 4.69) is 26.0 Å². The lowest BCUT2D eigenvalue weighted by atomic mass is 10.1. The van der Waals surface area contributed by atoms with Crippen LogP contribution < -0.4 is 0 Å². The summed E-state index contributed by atoms with van der Waals surface area (Å²) in [5.74, 6) is 0. The van der Waals surface area contributed by atoms with Gasteiger partial charge in [-0.05, 0) is 43.3 Å². The van der Waals surface area contributed by atoms with Crippen LogP contribution in [-0.4, -0.2) is 11.2 Å². The molecule has 0 radical (unpaired) electrons. The minimum atomic E-state index is -0.256. The number of hydrogen-bond acceptors (Lipinski definition) is 1. The van der Waals surface area contributed by atoms with Crippen molar-refractivity contribution in [3.05, 3.63) is 23.3 Å². The molecule has 0 spiro atoms. The first-order valence-corrected chi connectivity index (χ1v) is 6.85. The summed E-state index contributed by atoms with van der Waals surface area (Å²) in [7, 11) is 0. The molecule has 92 valence electrons. The summed E-state index contributed by atoms with van der Waals surface area (Å²) in [4.78, 5) is 0. The highest BCUT2D eigenvalue weighted by Gasteiger charge is 2.22. The molecule has 1 aliphatic rings. The number of rotatable bonds is 6. The predicted octanol–water partition coefficient (Wildman–Crippen LogP) is 4.37. The second-order valence-electron chi connectivity index (χ2n) is 4.75. The summed E-state index contributed by atoms with van der Waals surface area (Å²) in [5.41, 5.74) is 2.52. The topological polar surface area (TPSA) is 20.2 Å². The third-order valence-corrected chi connectivity index (χ3v) is 3.31. The minimum absolute atomic E-state index is 0.256. The predicted molar refractivity (Wildman–Crippen MR) is 70.5 cm³/mol. The Bertz CT molecular complexity index is 250. The van der Waals surface area contributed by atoms with Crippen molar-refractivity contribution < 1.29 is 5.11 Å². The van der Waals surface area contributed by atoms with Gasteiger partial charge in [0.15, 0.2) is 0 Å². The maximum atomic E-state index is 10.1. The number of aliphatic hydroxyl groups is 1. The van der Waals surface area contributed by atoms with Crippen LogP contribution in [0, 0.1) is 0 Å². The Morgan fingerprint density at radius 2 is 1.62 bits per heavy atom. The Hall–Kier alpha value is -0.560. The summed E-state index contributed by atoms with van der Waals surface area (Å²) in [6.45, 7) is 4.41. The zero-order valence-electron chi connectivity index (χ0n) is 10.8. The Kier molecular flexibility index (Phi) is 6.47. The molecule has 0 heterocycles. The van der Waals surface area contributed by atoms with Crippen LogP contribution in [0.15, 0.2) is 23.3 Å². The molecule has 1 fully saturated rings. The SMILES string of the molecule is CCC/C=C1\CC/C(=C/CCCCC)C1O. The number of allylic oxidation sites excluding steroid dienone is 2. The quantitative estimate of drug-likeness (QED) is 0.522. The van der Waals surface area contributed by atoms with Gasteiger partial charge in [0.1, 0.15) is 0 Å². The Balaban J connectivity index is 2.40. The standard InChI is InChI=1S/C15H26O/c1-3-5-7-8-10-14-12-11-13(15(14)16)9-6-4-2/h9-10,15-16H,3-8,11-12H2,1-2H3/b13-9+,14-10-. The molecule has 0 aliphatic heterocycles. The molecule has 1 N–H and O–H groups in total. The van der Waals surface area contributed by atoms with E-state index < -0.39 is 0 Å². The van der Waals surface area contributed by atoms with E-state index in [1.807, 2.05) is 0 Å². The number of hydrogen-bond donors (Lipinski definition) is 1. The van der Waals surface area contributed by atoms with Crippen LogP contribution in [-0.2, 0) is 0 Å². The van der Waals surface area contributed by atoms with Crippen molar-refractivity contribution in [1.29, 1.82) is 0 Å². The molecular weight excluding hydrogens is 196 g/mol. The van der Waals surface area contributed by atoms with Crippen LogP contribution in [0.3, 0.4) is 0 Å². The monoisotopic (exact) mass is 222 g/mol. The third-order valence-electron chi connectivity index (χ3n) is 3.31. The third kappa shape index (κ3) is 4.13. The molecule has 0 amide bonds. The van der Waals surface area contributed by atoms with Crippen molar-refractivity contribution in [2.24, 2.45) is 0 Å². The van der Waals surface area contributed by atoms with Crippen molar-refractivity contribution in [3.8, 4) is 0 Å². The molecule has 0 aromatic rings. The van der Waals surface area contributed by atoms with Crippen molar-refractivity contribution in [3.63, 3.8) is 0 Å². The van der Waals surface area contributed by atoms with Crippen molar-refractivity contribution in [2.45, 2.75) is 71.3 Å². The molecule has 1 unspecified atom stereocenters. The fourth-order valence-corrected chi connectivity index (χ4v) is 2.24. The lowest BCUT2D eigenvalue weighted by Gasteiger charge is -2.06. The zero-order valence-corrected chi connectivity index (χ0v) is 10.8. The van der Waals surface area contributed by atoms with Crippen molar-refractivity contribution in [2.75, 3.05) is 0 Å². The van der Waals surface area contributed by atoms with Crippen molar-refractivity contribution in [1.82, 2.24) is 0 Å². The molecule has 16 heavy (non-hydrogen) atoms. The second-order valence-corrected chi connectivity index (χ2v) is 4.75. The van der Waals surface area contributed by atoms with E-state index in [1.54, 1.807) is 0 Å². The van der Waals surface area contributed by atoms with E-state index in [4.69, 9.17) is 0 Å². The van der Waals surface area contributed by atoms with Gasteiger partial charge in [0.05, 0.1) is 6.10 Å². The molecule has 1 heteroatoms. The van der Waals surface area contributed by atoms with E-state index in [9.17, 15) is 5.11 Å². The lowest BCUT2D eigenvalue weighted by molar-refractivity contribution is 0.254. The van der Waals surface area contributed by atoms with E-state index >= 15 is 0 Å². The van der Waals surface area contributed by atoms with Crippen LogP contribution in [0.25, 0.3) is 0 Å². The van der Waals surface area contributed by atoms with Crippen molar-refractivity contribution >= 4 is 0 Å². The number of unbranched alkanes of at least 4 members (excludes halogenated alkanes) is 4. The van der Waals surface area contributed by atoms with Gasteiger partial charge in [-0.15, -0.1) is 0 Å². The van der Waals surface area contributed by atoms with Crippen LogP contribution in [0.4, 0.5) is 0 Å². The first kappa shape index (κ1) is 13.5. The Morgan fingerprint density at radius 3 is 2.19 bits per heavy atom. The highest BCUT2D eigenvalue weighted by Crippen LogP contribution is 2.31. The molecule has 0 saturated heterocycles. The largest absolute Gasteiger partial charge is 0.384 e. The van der Waals surface area contributed by atoms with Gasteiger partial charge in [0.25, 0.3) is 0 Å². The molecular formula is C15H26O. The average Bonchev–Trinajstić information content (AvgIpc) is 2.64. The molecule has 1 saturated carbocycles. The van der Waals surface area contributed by atoms with Gasteiger partial charge in [0, 0.05) is 0 Å². The summed E-state index contributed by atoms with van der Waals surface area (Å²) in [6.07, 6.45) is 13.6.